The molecular weight excluding hydrogens is 178 g/mol. The zero-order valence-electron chi connectivity index (χ0n) is 8.53. The highest BCUT2D eigenvalue weighted by molar-refractivity contribution is 5.16. The summed E-state index contributed by atoms with van der Waals surface area (Å²) in [5, 5.41) is 16.5. The summed E-state index contributed by atoms with van der Waals surface area (Å²) >= 11 is 0. The van der Waals surface area contributed by atoms with Crippen LogP contribution in [-0.2, 0) is 13.1 Å². The van der Waals surface area contributed by atoms with Crippen molar-refractivity contribution < 1.29 is 5.11 Å². The number of nitrogens with zero attached hydrogens (tertiary/aromatic N) is 2. The van der Waals surface area contributed by atoms with Crippen LogP contribution in [0.3, 0.4) is 0 Å². The number of aliphatic hydroxyl groups is 1. The first kappa shape index (κ1) is 9.68. The fraction of sp³-hybridized carbons (Fsp3) is 0.700. The van der Waals surface area contributed by atoms with Gasteiger partial charge in [-0.25, -0.2) is 0 Å². The monoisotopic (exact) mass is 195 g/mol. The van der Waals surface area contributed by atoms with Gasteiger partial charge in [-0.15, -0.1) is 0 Å². The van der Waals surface area contributed by atoms with Crippen LogP contribution >= 0.6 is 0 Å². The number of nitrogens with one attached hydrogen (secondary N) is 1. The first-order valence-electron chi connectivity index (χ1n) is 5.17. The van der Waals surface area contributed by atoms with Crippen LogP contribution in [0.1, 0.15) is 24.1 Å². The van der Waals surface area contributed by atoms with Gasteiger partial charge in [0.05, 0.1) is 19.3 Å². The Balaban J connectivity index is 1.94. The Hall–Kier alpha value is -0.870. The first-order valence-corrected chi connectivity index (χ1v) is 5.17. The lowest BCUT2D eigenvalue weighted by atomic mass is 10.2. The minimum atomic E-state index is 0.151. The number of rotatable bonds is 5. The molecule has 1 fully saturated rings. The van der Waals surface area contributed by atoms with Crippen molar-refractivity contribution in [3.05, 3.63) is 17.5 Å². The third-order valence-corrected chi connectivity index (χ3v) is 2.68. The van der Waals surface area contributed by atoms with Gasteiger partial charge in [-0.1, -0.05) is 0 Å². The topological polar surface area (TPSA) is 50.1 Å². The zero-order chi connectivity index (χ0) is 9.97. The maximum Gasteiger partial charge on any atom is 0.0643 e. The summed E-state index contributed by atoms with van der Waals surface area (Å²) in [5.41, 5.74) is 2.40. The molecule has 0 aromatic carbocycles. The standard InChI is InChI=1S/C10H17N3O/c1-8-9(6-11-10-2-3-10)7-12-13(8)4-5-14/h7,10-11,14H,2-6H2,1H3. The van der Waals surface area contributed by atoms with Gasteiger partial charge >= 0.3 is 0 Å². The van der Waals surface area contributed by atoms with E-state index < -0.39 is 0 Å². The molecule has 14 heavy (non-hydrogen) atoms. The third kappa shape index (κ3) is 2.13. The minimum absolute atomic E-state index is 0.151. The van der Waals surface area contributed by atoms with Gasteiger partial charge in [-0.05, 0) is 19.8 Å². The van der Waals surface area contributed by atoms with Crippen molar-refractivity contribution in [2.24, 2.45) is 0 Å². The van der Waals surface area contributed by atoms with E-state index >= 15 is 0 Å². The van der Waals surface area contributed by atoms with Crippen LogP contribution in [0.2, 0.25) is 0 Å². The lowest BCUT2D eigenvalue weighted by Crippen LogP contribution is -2.16. The second-order valence-electron chi connectivity index (χ2n) is 3.86. The van der Waals surface area contributed by atoms with Crippen LogP contribution < -0.4 is 5.32 Å². The molecule has 1 heterocycles. The fourth-order valence-electron chi connectivity index (χ4n) is 1.52. The molecule has 1 aromatic rings. The van der Waals surface area contributed by atoms with E-state index in [0.29, 0.717) is 6.54 Å². The van der Waals surface area contributed by atoms with Gasteiger partial charge in [-0.3, -0.25) is 4.68 Å². The molecule has 1 saturated carbocycles. The highest BCUT2D eigenvalue weighted by atomic mass is 16.3. The summed E-state index contributed by atoms with van der Waals surface area (Å²) < 4.78 is 1.85. The van der Waals surface area contributed by atoms with E-state index in [2.05, 4.69) is 10.4 Å². The molecule has 0 spiro atoms. The van der Waals surface area contributed by atoms with Crippen LogP contribution in [0.4, 0.5) is 0 Å². The Morgan fingerprint density at radius 1 is 1.64 bits per heavy atom. The quantitative estimate of drug-likeness (QED) is 0.716. The van der Waals surface area contributed by atoms with Gasteiger partial charge in [-0.2, -0.15) is 5.10 Å². The van der Waals surface area contributed by atoms with E-state index in [9.17, 15) is 0 Å². The lowest BCUT2D eigenvalue weighted by Gasteiger charge is -2.04. The minimum Gasteiger partial charge on any atom is -0.394 e. The van der Waals surface area contributed by atoms with E-state index in [-0.39, 0.29) is 6.61 Å². The molecule has 0 unspecified atom stereocenters. The van der Waals surface area contributed by atoms with Gasteiger partial charge in [0.15, 0.2) is 0 Å². The number of aliphatic hydroxyl groups excluding tert-OH is 1. The smallest absolute Gasteiger partial charge is 0.0643 e. The Morgan fingerprint density at radius 3 is 3.07 bits per heavy atom. The van der Waals surface area contributed by atoms with E-state index in [4.69, 9.17) is 5.11 Å². The Kier molecular flexibility index (Phi) is 2.84. The van der Waals surface area contributed by atoms with Crippen molar-refractivity contribution in [1.82, 2.24) is 15.1 Å². The first-order chi connectivity index (χ1) is 6.81. The maximum absolute atomic E-state index is 8.81. The van der Waals surface area contributed by atoms with Gasteiger partial charge in [0.25, 0.3) is 0 Å². The van der Waals surface area contributed by atoms with Crippen molar-refractivity contribution in [3.63, 3.8) is 0 Å². The van der Waals surface area contributed by atoms with Crippen molar-refractivity contribution in [3.8, 4) is 0 Å². The summed E-state index contributed by atoms with van der Waals surface area (Å²) in [7, 11) is 0. The van der Waals surface area contributed by atoms with Crippen molar-refractivity contribution in [1.29, 1.82) is 0 Å². The van der Waals surface area contributed by atoms with Crippen molar-refractivity contribution in [2.75, 3.05) is 6.61 Å². The highest BCUT2D eigenvalue weighted by Gasteiger charge is 2.20. The SMILES string of the molecule is Cc1c(CNC2CC2)cnn1CCO. The van der Waals surface area contributed by atoms with E-state index in [1.165, 1.54) is 18.4 Å². The summed E-state index contributed by atoms with van der Waals surface area (Å²) in [6.07, 6.45) is 4.51. The molecule has 0 radical (unpaired) electrons. The maximum atomic E-state index is 8.81. The predicted octanol–water partition coefficient (Wildman–Crippen LogP) is 0.436. The Labute approximate surface area is 83.9 Å². The van der Waals surface area contributed by atoms with Gasteiger partial charge < -0.3 is 10.4 Å². The molecular formula is C10H17N3O. The molecule has 2 N–H and O–H groups in total. The molecule has 4 nitrogen and oxygen atoms in total. The second-order valence-corrected chi connectivity index (χ2v) is 3.86. The molecule has 2 rings (SSSR count). The molecule has 0 aliphatic heterocycles. The van der Waals surface area contributed by atoms with Gasteiger partial charge in [0, 0.05) is 23.8 Å². The zero-order valence-corrected chi connectivity index (χ0v) is 8.53. The molecule has 0 atom stereocenters. The second kappa shape index (κ2) is 4.11. The molecule has 0 saturated heterocycles. The largest absolute Gasteiger partial charge is 0.394 e. The molecule has 78 valence electrons. The van der Waals surface area contributed by atoms with Crippen LogP contribution in [-0.4, -0.2) is 27.5 Å². The average Bonchev–Trinajstić information content (AvgIpc) is 2.94. The lowest BCUT2D eigenvalue weighted by molar-refractivity contribution is 0.268. The van der Waals surface area contributed by atoms with Crippen LogP contribution in [0.25, 0.3) is 0 Å². The predicted molar refractivity (Wildman–Crippen MR) is 53.9 cm³/mol. The van der Waals surface area contributed by atoms with E-state index in [1.807, 2.05) is 17.8 Å². The molecule has 4 heteroatoms. The number of hydrogen-bond acceptors (Lipinski definition) is 3. The van der Waals surface area contributed by atoms with Gasteiger partial charge in [0.1, 0.15) is 0 Å². The van der Waals surface area contributed by atoms with E-state index in [1.54, 1.807) is 0 Å². The molecule has 1 aromatic heterocycles. The normalized spacial score (nSPS) is 16.1. The van der Waals surface area contributed by atoms with Crippen LogP contribution in [0.15, 0.2) is 6.20 Å². The molecule has 0 amide bonds. The molecule has 1 aliphatic rings. The summed E-state index contributed by atoms with van der Waals surface area (Å²) in [6, 6.07) is 0.732. The summed E-state index contributed by atoms with van der Waals surface area (Å²) in [5.74, 6) is 0. The third-order valence-electron chi connectivity index (χ3n) is 2.68. The fourth-order valence-corrected chi connectivity index (χ4v) is 1.52. The van der Waals surface area contributed by atoms with Crippen LogP contribution in [0, 0.1) is 6.92 Å². The molecule has 1 aliphatic carbocycles. The van der Waals surface area contributed by atoms with Crippen LogP contribution in [0.5, 0.6) is 0 Å². The number of aromatic nitrogens is 2. The highest BCUT2D eigenvalue weighted by Crippen LogP contribution is 2.19. The number of hydrogen-bond donors (Lipinski definition) is 2. The Bertz CT molecular complexity index is 304. The average molecular weight is 195 g/mol. The summed E-state index contributed by atoms with van der Waals surface area (Å²) in [6.45, 7) is 3.70. The molecule has 0 bridgehead atoms. The van der Waals surface area contributed by atoms with Crippen molar-refractivity contribution >= 4 is 0 Å². The van der Waals surface area contributed by atoms with E-state index in [0.717, 1.165) is 18.3 Å². The van der Waals surface area contributed by atoms with Crippen molar-refractivity contribution in [2.45, 2.75) is 38.9 Å². The van der Waals surface area contributed by atoms with Gasteiger partial charge in [0.2, 0.25) is 0 Å². The Morgan fingerprint density at radius 2 is 2.43 bits per heavy atom. The summed E-state index contributed by atoms with van der Waals surface area (Å²) in [4.78, 5) is 0.